The molecular formula is C26H37N5O2. The molecule has 1 N–H and O–H groups in total. The van der Waals surface area contributed by atoms with E-state index < -0.39 is 0 Å². The van der Waals surface area contributed by atoms with Gasteiger partial charge in [-0.1, -0.05) is 20.8 Å². The molecule has 33 heavy (non-hydrogen) atoms. The van der Waals surface area contributed by atoms with Crippen molar-refractivity contribution in [1.82, 2.24) is 25.2 Å². The maximum atomic E-state index is 11.9. The summed E-state index contributed by atoms with van der Waals surface area (Å²) in [5.74, 6) is 2.19. The molecule has 2 bridgehead atoms. The summed E-state index contributed by atoms with van der Waals surface area (Å²) in [5.41, 5.74) is 3.33. The zero-order valence-electron chi connectivity index (χ0n) is 20.2. The summed E-state index contributed by atoms with van der Waals surface area (Å²) < 4.78 is 5.51. The van der Waals surface area contributed by atoms with Gasteiger partial charge in [-0.05, 0) is 62.8 Å². The van der Waals surface area contributed by atoms with Gasteiger partial charge in [-0.25, -0.2) is 14.8 Å². The Hall–Kier alpha value is -2.54. The molecule has 7 heteroatoms. The number of hydrogen-bond donors (Lipinski definition) is 1. The minimum Gasteiger partial charge on any atom is -0.448 e. The Morgan fingerprint density at radius 3 is 2.67 bits per heavy atom. The summed E-state index contributed by atoms with van der Waals surface area (Å²) in [6.45, 7) is 9.65. The molecule has 0 spiro atoms. The number of carbonyl (C=O) groups excluding carboxylic acids is 1. The van der Waals surface area contributed by atoms with Crippen molar-refractivity contribution < 1.29 is 9.53 Å². The van der Waals surface area contributed by atoms with Crippen molar-refractivity contribution >= 4 is 6.09 Å². The molecule has 0 aromatic carbocycles. The first-order chi connectivity index (χ1) is 16.1. The topological polar surface area (TPSA) is 80.2 Å². The summed E-state index contributed by atoms with van der Waals surface area (Å²) in [5, 5.41) is 2.80. The van der Waals surface area contributed by atoms with Crippen LogP contribution in [0.3, 0.4) is 0 Å². The van der Waals surface area contributed by atoms with Crippen molar-refractivity contribution in [3.8, 4) is 11.4 Å². The van der Waals surface area contributed by atoms with Gasteiger partial charge in [0.05, 0.1) is 0 Å². The molecule has 2 aromatic rings. The molecule has 3 aliphatic rings. The maximum Gasteiger partial charge on any atom is 0.407 e. The van der Waals surface area contributed by atoms with Gasteiger partial charge in [0.25, 0.3) is 0 Å². The van der Waals surface area contributed by atoms with Crippen molar-refractivity contribution in [2.75, 3.05) is 26.2 Å². The molecule has 178 valence electrons. The second kappa shape index (κ2) is 11.1. The van der Waals surface area contributed by atoms with Crippen LogP contribution in [0.1, 0.15) is 76.1 Å². The first-order valence-electron chi connectivity index (χ1n) is 12.6. The molecule has 3 fully saturated rings. The van der Waals surface area contributed by atoms with Crippen LogP contribution in [0.2, 0.25) is 0 Å². The molecule has 0 radical (unpaired) electrons. The molecule has 1 amide bonds. The van der Waals surface area contributed by atoms with E-state index in [0.717, 1.165) is 68.0 Å². The van der Waals surface area contributed by atoms with Crippen molar-refractivity contribution in [3.63, 3.8) is 0 Å². The van der Waals surface area contributed by atoms with Gasteiger partial charge in [-0.3, -0.25) is 9.88 Å². The van der Waals surface area contributed by atoms with E-state index in [1.54, 1.807) is 12.4 Å². The summed E-state index contributed by atoms with van der Waals surface area (Å²) >= 11 is 0. The molecule has 5 rings (SSSR count). The van der Waals surface area contributed by atoms with Crippen molar-refractivity contribution in [3.05, 3.63) is 42.0 Å². The largest absolute Gasteiger partial charge is 0.448 e. The van der Waals surface area contributed by atoms with E-state index in [-0.39, 0.29) is 6.09 Å². The number of hydrogen-bond acceptors (Lipinski definition) is 6. The average Bonchev–Trinajstić information content (AvgIpc) is 2.87. The van der Waals surface area contributed by atoms with Crippen LogP contribution < -0.4 is 5.32 Å². The third-order valence-electron chi connectivity index (χ3n) is 7.29. The lowest BCUT2D eigenvalue weighted by Crippen LogP contribution is -2.54. The van der Waals surface area contributed by atoms with Gasteiger partial charge in [0.15, 0.2) is 5.82 Å². The number of piperidine rings is 3. The van der Waals surface area contributed by atoms with E-state index in [1.165, 1.54) is 0 Å². The molecule has 0 aliphatic carbocycles. The maximum absolute atomic E-state index is 11.9. The zero-order chi connectivity index (χ0) is 23.2. The number of pyridine rings is 1. The van der Waals surface area contributed by atoms with Crippen LogP contribution in [0.4, 0.5) is 4.79 Å². The van der Waals surface area contributed by atoms with Gasteiger partial charge < -0.3 is 10.1 Å². The number of nitrogens with one attached hydrogen (secondary N) is 1. The van der Waals surface area contributed by atoms with Crippen LogP contribution >= 0.6 is 0 Å². The number of aromatic nitrogens is 3. The number of rotatable bonds is 9. The number of amides is 1. The lowest BCUT2D eigenvalue weighted by molar-refractivity contribution is -0.00344. The van der Waals surface area contributed by atoms with Gasteiger partial charge in [-0.2, -0.15) is 0 Å². The smallest absolute Gasteiger partial charge is 0.407 e. The van der Waals surface area contributed by atoms with Crippen LogP contribution in [0.25, 0.3) is 11.4 Å². The third-order valence-corrected chi connectivity index (χ3v) is 7.29. The van der Waals surface area contributed by atoms with Crippen molar-refractivity contribution in [1.29, 1.82) is 0 Å². The van der Waals surface area contributed by atoms with Crippen molar-refractivity contribution in [2.45, 2.75) is 70.8 Å². The Morgan fingerprint density at radius 2 is 2.00 bits per heavy atom. The summed E-state index contributed by atoms with van der Waals surface area (Å²) in [6, 6.07) is 6.54. The Balaban J connectivity index is 1.53. The quantitative estimate of drug-likeness (QED) is 0.592. The average molecular weight is 452 g/mol. The van der Waals surface area contributed by atoms with Gasteiger partial charge in [0.1, 0.15) is 6.61 Å². The Kier molecular flexibility index (Phi) is 7.91. The molecule has 3 aliphatic heterocycles. The minimum absolute atomic E-state index is 0.299. The highest BCUT2D eigenvalue weighted by Crippen LogP contribution is 2.42. The van der Waals surface area contributed by atoms with E-state index in [4.69, 9.17) is 14.7 Å². The number of nitrogens with zero attached hydrogens (tertiary/aromatic N) is 4. The monoisotopic (exact) mass is 451 g/mol. The highest BCUT2D eigenvalue weighted by Gasteiger charge is 2.42. The molecule has 7 nitrogen and oxygen atoms in total. The molecule has 0 saturated carbocycles. The SMILES string of the molecule is CCCNC(=O)OC[C@H]1C[C@H]2CCN1C[C@@H]2c1cc(C(CC)CC)nc(-c2ccncc2)n1. The second-order valence-electron chi connectivity index (χ2n) is 9.36. The minimum atomic E-state index is -0.302. The van der Waals surface area contributed by atoms with Crippen LogP contribution in [0.5, 0.6) is 0 Å². The van der Waals surface area contributed by atoms with E-state index in [2.05, 4.69) is 35.1 Å². The Labute approximate surface area is 197 Å². The standard InChI is InChI=1S/C26H37N5O2/c1-4-10-28-26(32)33-17-21-14-20-9-13-31(21)16-22(20)24-15-23(18(5-2)6-3)29-25(30-24)19-7-11-27-12-8-19/h7-8,11-12,15,18,20-22H,4-6,9-10,13-14,16-17H2,1-3H3,(H,28,32)/t20-,21-,22+/m1/s1. The first kappa shape index (κ1) is 23.6. The Morgan fingerprint density at radius 1 is 1.21 bits per heavy atom. The fourth-order valence-electron chi connectivity index (χ4n) is 5.32. The number of fused-ring (bicyclic) bond motifs is 3. The fraction of sp³-hybridized carbons (Fsp3) is 0.615. The summed E-state index contributed by atoms with van der Waals surface area (Å²) in [4.78, 5) is 28.6. The van der Waals surface area contributed by atoms with Gasteiger partial charge >= 0.3 is 6.09 Å². The third kappa shape index (κ3) is 5.52. The summed E-state index contributed by atoms with van der Waals surface area (Å²) in [6.07, 6.45) is 8.57. The molecule has 5 heterocycles. The predicted octanol–water partition coefficient (Wildman–Crippen LogP) is 4.76. The number of carbonyl (C=O) groups is 1. The summed E-state index contributed by atoms with van der Waals surface area (Å²) in [7, 11) is 0. The molecule has 1 unspecified atom stereocenters. The predicted molar refractivity (Wildman–Crippen MR) is 129 cm³/mol. The highest BCUT2D eigenvalue weighted by molar-refractivity contribution is 5.67. The van der Waals surface area contributed by atoms with Crippen LogP contribution in [0, 0.1) is 5.92 Å². The second-order valence-corrected chi connectivity index (χ2v) is 9.36. The van der Waals surface area contributed by atoms with E-state index in [9.17, 15) is 4.79 Å². The van der Waals surface area contributed by atoms with Gasteiger partial charge in [0, 0.05) is 60.3 Å². The normalized spacial score (nSPS) is 24.1. The molecule has 4 atom stereocenters. The molecular weight excluding hydrogens is 414 g/mol. The lowest BCUT2D eigenvalue weighted by atomic mass is 9.74. The van der Waals surface area contributed by atoms with Gasteiger partial charge in [0.2, 0.25) is 0 Å². The van der Waals surface area contributed by atoms with Crippen LogP contribution in [-0.4, -0.2) is 58.2 Å². The molecule has 2 aromatic heterocycles. The lowest BCUT2D eigenvalue weighted by Gasteiger charge is -2.49. The zero-order valence-corrected chi connectivity index (χ0v) is 20.2. The van der Waals surface area contributed by atoms with Gasteiger partial charge in [-0.15, -0.1) is 0 Å². The number of ether oxygens (including phenoxy) is 1. The van der Waals surface area contributed by atoms with E-state index in [1.807, 2.05) is 19.1 Å². The van der Waals surface area contributed by atoms with Crippen molar-refractivity contribution in [2.24, 2.45) is 5.92 Å². The van der Waals surface area contributed by atoms with Crippen LogP contribution in [-0.2, 0) is 4.74 Å². The van der Waals surface area contributed by atoms with E-state index >= 15 is 0 Å². The van der Waals surface area contributed by atoms with E-state index in [0.29, 0.717) is 36.9 Å². The molecule has 3 saturated heterocycles. The van der Waals surface area contributed by atoms with Crippen LogP contribution in [0.15, 0.2) is 30.6 Å². The highest BCUT2D eigenvalue weighted by atomic mass is 16.5. The Bertz CT molecular complexity index is 918. The fourth-order valence-corrected chi connectivity index (χ4v) is 5.32. The number of alkyl carbamates (subject to hydrolysis) is 1. The first-order valence-corrected chi connectivity index (χ1v) is 12.6.